The third-order valence-corrected chi connectivity index (χ3v) is 6.94. The molecule has 0 radical (unpaired) electrons. The van der Waals surface area contributed by atoms with Gasteiger partial charge in [-0.25, -0.2) is 13.2 Å². The van der Waals surface area contributed by atoms with Gasteiger partial charge >= 0.3 is 12.0 Å². The fourth-order valence-corrected chi connectivity index (χ4v) is 4.89. The summed E-state index contributed by atoms with van der Waals surface area (Å²) in [5.41, 5.74) is 0. The van der Waals surface area contributed by atoms with Crippen molar-refractivity contribution >= 4 is 33.6 Å². The van der Waals surface area contributed by atoms with Gasteiger partial charge in [-0.05, 0) is 13.8 Å². The molecule has 0 spiro atoms. The van der Waals surface area contributed by atoms with E-state index in [2.05, 4.69) is 5.32 Å². The maximum Gasteiger partial charge on any atom is 0.318 e. The fourth-order valence-electron chi connectivity index (χ4n) is 1.92. The molecule has 7 nitrogen and oxygen atoms in total. The maximum absolute atomic E-state index is 12.3. The fraction of sp³-hybridized carbons (Fsp3) is 0.833. The molecule has 2 N–H and O–H groups in total. The number of carbonyl (C=O) groups excluding carboxylic acids is 1. The number of thioether (sulfide) groups is 1. The Bertz CT molecular complexity index is 494. The molecule has 21 heavy (non-hydrogen) atoms. The summed E-state index contributed by atoms with van der Waals surface area (Å²) in [6, 6.07) is -1.09. The Morgan fingerprint density at radius 2 is 2.05 bits per heavy atom. The summed E-state index contributed by atoms with van der Waals surface area (Å²) < 4.78 is 24.1. The van der Waals surface area contributed by atoms with Crippen LogP contribution in [0.5, 0.6) is 0 Å². The van der Waals surface area contributed by atoms with Crippen LogP contribution in [0.2, 0.25) is 0 Å². The second-order valence-corrected chi connectivity index (χ2v) is 8.64. The highest BCUT2D eigenvalue weighted by atomic mass is 32.2. The first kappa shape index (κ1) is 18.1. The summed E-state index contributed by atoms with van der Waals surface area (Å²) in [5.74, 6) is -0.745. The second-order valence-electron chi connectivity index (χ2n) is 5.04. The average Bonchev–Trinajstić information content (AvgIpc) is 2.46. The van der Waals surface area contributed by atoms with Crippen molar-refractivity contribution in [3.63, 3.8) is 0 Å². The smallest absolute Gasteiger partial charge is 0.318 e. The van der Waals surface area contributed by atoms with Crippen molar-refractivity contribution in [2.45, 2.75) is 32.2 Å². The summed E-state index contributed by atoms with van der Waals surface area (Å²) in [5, 5.41) is 10.7. The first-order valence-corrected chi connectivity index (χ1v) is 9.67. The van der Waals surface area contributed by atoms with E-state index in [1.54, 1.807) is 13.8 Å². The van der Waals surface area contributed by atoms with Crippen LogP contribution < -0.4 is 5.32 Å². The Morgan fingerprint density at radius 3 is 2.57 bits per heavy atom. The molecule has 1 rings (SSSR count). The molecule has 3 unspecified atom stereocenters. The zero-order valence-corrected chi connectivity index (χ0v) is 14.0. The molecule has 0 bridgehead atoms. The summed E-state index contributed by atoms with van der Waals surface area (Å²) in [7, 11) is -3.36. The van der Waals surface area contributed by atoms with E-state index in [1.165, 1.54) is 23.6 Å². The van der Waals surface area contributed by atoms with Crippen molar-refractivity contribution in [3.05, 3.63) is 0 Å². The summed E-state index contributed by atoms with van der Waals surface area (Å²) in [6.45, 7) is 4.99. The van der Waals surface area contributed by atoms with Gasteiger partial charge in [0, 0.05) is 29.8 Å². The topological polar surface area (TPSA) is 104 Å². The highest BCUT2D eigenvalue weighted by Crippen LogP contribution is 2.21. The van der Waals surface area contributed by atoms with Gasteiger partial charge in [0.25, 0.3) is 0 Å². The van der Waals surface area contributed by atoms with Crippen molar-refractivity contribution in [2.75, 3.05) is 23.8 Å². The normalized spacial score (nSPS) is 22.4. The molecular weight excluding hydrogens is 316 g/mol. The zero-order chi connectivity index (χ0) is 16.2. The van der Waals surface area contributed by atoms with Crippen LogP contribution >= 0.6 is 11.8 Å². The van der Waals surface area contributed by atoms with E-state index in [9.17, 15) is 18.0 Å². The lowest BCUT2D eigenvalue weighted by atomic mass is 10.0. The number of aliphatic carboxylic acids is 1. The molecule has 122 valence electrons. The van der Waals surface area contributed by atoms with Gasteiger partial charge in [0.2, 0.25) is 0 Å². The van der Waals surface area contributed by atoms with Crippen molar-refractivity contribution in [1.29, 1.82) is 0 Å². The first-order chi connectivity index (χ1) is 9.70. The van der Waals surface area contributed by atoms with Gasteiger partial charge in [-0.3, -0.25) is 4.79 Å². The molecule has 1 heterocycles. The standard InChI is InChI=1S/C12H22N2O5S2/c1-4-21(18,19)10-7-20-6-5-14(10)12(17)13-9(3)8(2)11(15)16/h8-10H,4-7H2,1-3H3,(H,13,17)(H,15,16). The minimum Gasteiger partial charge on any atom is -0.481 e. The number of nitrogens with zero attached hydrogens (tertiary/aromatic N) is 1. The van der Waals surface area contributed by atoms with Gasteiger partial charge in [-0.2, -0.15) is 11.8 Å². The van der Waals surface area contributed by atoms with E-state index in [1.807, 2.05) is 0 Å². The highest BCUT2D eigenvalue weighted by Gasteiger charge is 2.36. The van der Waals surface area contributed by atoms with Crippen molar-refractivity contribution < 1.29 is 23.1 Å². The third-order valence-electron chi connectivity index (χ3n) is 3.65. The third kappa shape index (κ3) is 4.50. The lowest BCUT2D eigenvalue weighted by Crippen LogP contribution is -2.56. The molecular formula is C12H22N2O5S2. The molecule has 1 saturated heterocycles. The predicted octanol–water partition coefficient (Wildman–Crippen LogP) is 0.615. The minimum absolute atomic E-state index is 0.0247. The van der Waals surface area contributed by atoms with Gasteiger partial charge < -0.3 is 15.3 Å². The molecule has 1 aliphatic rings. The minimum atomic E-state index is -3.36. The predicted molar refractivity (Wildman–Crippen MR) is 82.1 cm³/mol. The molecule has 0 saturated carbocycles. The lowest BCUT2D eigenvalue weighted by molar-refractivity contribution is -0.141. The Balaban J connectivity index is 2.81. The number of hydrogen-bond donors (Lipinski definition) is 2. The van der Waals surface area contributed by atoms with Crippen molar-refractivity contribution in [1.82, 2.24) is 10.2 Å². The van der Waals surface area contributed by atoms with E-state index in [0.717, 1.165) is 0 Å². The Hall–Kier alpha value is -0.960. The molecule has 0 aromatic carbocycles. The maximum atomic E-state index is 12.3. The van der Waals surface area contributed by atoms with Gasteiger partial charge in [-0.1, -0.05) is 6.92 Å². The van der Waals surface area contributed by atoms with E-state index in [4.69, 9.17) is 5.11 Å². The average molecular weight is 338 g/mol. The van der Waals surface area contributed by atoms with Gasteiger partial charge in [0.05, 0.1) is 5.92 Å². The monoisotopic (exact) mass is 338 g/mol. The number of nitrogens with one attached hydrogen (secondary N) is 1. The quantitative estimate of drug-likeness (QED) is 0.761. The molecule has 0 aromatic rings. The molecule has 1 aliphatic heterocycles. The Kier molecular flexibility index (Phi) is 6.33. The molecule has 9 heteroatoms. The van der Waals surface area contributed by atoms with Crippen LogP contribution in [-0.2, 0) is 14.6 Å². The largest absolute Gasteiger partial charge is 0.481 e. The number of amides is 2. The van der Waals surface area contributed by atoms with E-state index in [0.29, 0.717) is 18.1 Å². The number of urea groups is 1. The summed E-state index contributed by atoms with van der Waals surface area (Å²) >= 11 is 1.50. The van der Waals surface area contributed by atoms with Gasteiger partial charge in [0.15, 0.2) is 9.84 Å². The van der Waals surface area contributed by atoms with Crippen molar-refractivity contribution in [2.24, 2.45) is 5.92 Å². The van der Waals surface area contributed by atoms with E-state index in [-0.39, 0.29) is 5.75 Å². The Labute approximate surface area is 129 Å². The summed E-state index contributed by atoms with van der Waals surface area (Å²) in [6.07, 6.45) is 0. The van der Waals surface area contributed by atoms with E-state index < -0.39 is 39.2 Å². The lowest BCUT2D eigenvalue weighted by Gasteiger charge is -2.35. The number of carboxylic acid groups (broad SMARTS) is 1. The first-order valence-electron chi connectivity index (χ1n) is 6.80. The van der Waals surface area contributed by atoms with Crippen LogP contribution in [0.3, 0.4) is 0 Å². The number of carbonyl (C=O) groups is 2. The van der Waals surface area contributed by atoms with Crippen LogP contribution in [0.25, 0.3) is 0 Å². The Morgan fingerprint density at radius 1 is 1.43 bits per heavy atom. The number of carboxylic acids is 1. The van der Waals surface area contributed by atoms with Crippen LogP contribution in [0.1, 0.15) is 20.8 Å². The van der Waals surface area contributed by atoms with Gasteiger partial charge in [-0.15, -0.1) is 0 Å². The second kappa shape index (κ2) is 7.35. The van der Waals surface area contributed by atoms with E-state index >= 15 is 0 Å². The molecule has 0 aliphatic carbocycles. The van der Waals surface area contributed by atoms with Crippen LogP contribution in [0.15, 0.2) is 0 Å². The SMILES string of the molecule is CCS(=O)(=O)C1CSCCN1C(=O)NC(C)C(C)C(=O)O. The number of sulfone groups is 1. The molecule has 2 amide bonds. The van der Waals surface area contributed by atoms with Crippen molar-refractivity contribution in [3.8, 4) is 0 Å². The summed E-state index contributed by atoms with van der Waals surface area (Å²) in [4.78, 5) is 24.5. The van der Waals surface area contributed by atoms with Crippen LogP contribution in [0.4, 0.5) is 4.79 Å². The molecule has 1 fully saturated rings. The van der Waals surface area contributed by atoms with Crippen LogP contribution in [0, 0.1) is 5.92 Å². The molecule has 3 atom stereocenters. The number of hydrogen-bond acceptors (Lipinski definition) is 5. The highest BCUT2D eigenvalue weighted by molar-refractivity contribution is 8.01. The van der Waals surface area contributed by atoms with Crippen LogP contribution in [-0.4, -0.2) is 65.6 Å². The molecule has 0 aromatic heterocycles. The zero-order valence-electron chi connectivity index (χ0n) is 12.4. The van der Waals surface area contributed by atoms with Gasteiger partial charge in [0.1, 0.15) is 5.37 Å². The number of rotatable bonds is 5.